The van der Waals surface area contributed by atoms with Gasteiger partial charge in [-0.15, -0.1) is 0 Å². The number of carbonyl (C=O) groups excluding carboxylic acids is 2. The summed E-state index contributed by atoms with van der Waals surface area (Å²) in [4.78, 5) is 36.8. The number of halogens is 1. The number of benzene rings is 2. The molecule has 0 radical (unpaired) electrons. The van der Waals surface area contributed by atoms with Crippen molar-refractivity contribution in [3.8, 4) is 5.69 Å². The van der Waals surface area contributed by atoms with Crippen molar-refractivity contribution in [1.29, 1.82) is 0 Å². The molecule has 1 aliphatic carbocycles. The molecular formula is C23H21ClN4O3. The van der Waals surface area contributed by atoms with E-state index in [1.54, 1.807) is 43.3 Å². The summed E-state index contributed by atoms with van der Waals surface area (Å²) in [6.07, 6.45) is 1.89. The second-order valence-electron chi connectivity index (χ2n) is 7.50. The molecular weight excluding hydrogens is 416 g/mol. The Morgan fingerprint density at radius 3 is 2.52 bits per heavy atom. The number of anilines is 1. The third-order valence-corrected chi connectivity index (χ3v) is 5.35. The fraction of sp³-hybridized carbons (Fsp3) is 0.217. The predicted octanol–water partition coefficient (Wildman–Crippen LogP) is 3.47. The lowest BCUT2D eigenvalue weighted by molar-refractivity contribution is -0.117. The van der Waals surface area contributed by atoms with Gasteiger partial charge in [-0.3, -0.25) is 14.4 Å². The summed E-state index contributed by atoms with van der Waals surface area (Å²) < 4.78 is 1.48. The van der Waals surface area contributed by atoms with Gasteiger partial charge in [0.05, 0.1) is 10.7 Å². The third-order valence-electron chi connectivity index (χ3n) is 5.03. The topological polar surface area (TPSA) is 93.1 Å². The highest BCUT2D eigenvalue weighted by atomic mass is 35.5. The van der Waals surface area contributed by atoms with Crippen molar-refractivity contribution >= 4 is 29.1 Å². The minimum absolute atomic E-state index is 0.0429. The largest absolute Gasteiger partial charge is 0.346 e. The number of rotatable bonds is 6. The first-order chi connectivity index (χ1) is 14.9. The van der Waals surface area contributed by atoms with E-state index < -0.39 is 11.3 Å². The van der Waals surface area contributed by atoms with E-state index in [2.05, 4.69) is 15.7 Å². The molecule has 1 saturated carbocycles. The molecule has 1 fully saturated rings. The van der Waals surface area contributed by atoms with Crippen LogP contribution in [0, 0.1) is 12.8 Å². The van der Waals surface area contributed by atoms with Crippen molar-refractivity contribution in [2.24, 2.45) is 5.92 Å². The van der Waals surface area contributed by atoms with Gasteiger partial charge in [0.2, 0.25) is 11.3 Å². The second kappa shape index (κ2) is 8.73. The van der Waals surface area contributed by atoms with Gasteiger partial charge in [-0.05, 0) is 49.6 Å². The molecule has 0 aliphatic heterocycles. The minimum Gasteiger partial charge on any atom is -0.346 e. The van der Waals surface area contributed by atoms with Crippen LogP contribution in [0.25, 0.3) is 5.69 Å². The van der Waals surface area contributed by atoms with Crippen LogP contribution in [0.5, 0.6) is 0 Å². The van der Waals surface area contributed by atoms with Crippen molar-refractivity contribution < 1.29 is 9.59 Å². The Bertz CT molecular complexity index is 1200. The molecule has 7 nitrogen and oxygen atoms in total. The summed E-state index contributed by atoms with van der Waals surface area (Å²) in [5.74, 6) is -0.394. The van der Waals surface area contributed by atoms with E-state index in [1.165, 1.54) is 10.7 Å². The Hall–Kier alpha value is -3.45. The molecule has 2 aromatic carbocycles. The molecule has 1 aliphatic rings. The van der Waals surface area contributed by atoms with E-state index in [-0.39, 0.29) is 24.1 Å². The first-order valence-corrected chi connectivity index (χ1v) is 10.3. The number of hydrogen-bond donors (Lipinski definition) is 2. The molecule has 158 valence electrons. The van der Waals surface area contributed by atoms with Crippen LogP contribution in [0.2, 0.25) is 5.02 Å². The Kier molecular flexibility index (Phi) is 5.86. The average Bonchev–Trinajstić information content (AvgIpc) is 3.59. The average molecular weight is 437 g/mol. The summed E-state index contributed by atoms with van der Waals surface area (Å²) in [6.45, 7) is 1.94. The van der Waals surface area contributed by atoms with Crippen molar-refractivity contribution in [3.05, 3.63) is 86.8 Å². The molecule has 0 spiro atoms. The lowest BCUT2D eigenvalue weighted by atomic mass is 10.2. The lowest BCUT2D eigenvalue weighted by Crippen LogP contribution is -2.31. The standard InChI is InChI=1S/C23H21ClN4O3/c1-14-12-20(29)21(27-28(14)19-5-3-2-4-18(19)24)23(31)25-13-15-6-10-17(11-7-15)26-22(30)16-8-9-16/h2-7,10-12,16H,8-9,13H2,1H3,(H,25,31)(H,26,30). The molecule has 0 saturated heterocycles. The van der Waals surface area contributed by atoms with Gasteiger partial charge in [0.1, 0.15) is 0 Å². The van der Waals surface area contributed by atoms with Gasteiger partial charge in [0.15, 0.2) is 5.69 Å². The molecule has 1 aromatic heterocycles. The van der Waals surface area contributed by atoms with E-state index in [0.717, 1.165) is 24.1 Å². The van der Waals surface area contributed by atoms with Gasteiger partial charge in [-0.2, -0.15) is 5.10 Å². The monoisotopic (exact) mass is 436 g/mol. The second-order valence-corrected chi connectivity index (χ2v) is 7.91. The van der Waals surface area contributed by atoms with E-state index >= 15 is 0 Å². The Morgan fingerprint density at radius 2 is 1.84 bits per heavy atom. The molecule has 4 rings (SSSR count). The SMILES string of the molecule is Cc1cc(=O)c(C(=O)NCc2ccc(NC(=O)C3CC3)cc2)nn1-c1ccccc1Cl. The molecule has 0 bridgehead atoms. The lowest BCUT2D eigenvalue weighted by Gasteiger charge is -2.12. The maximum absolute atomic E-state index is 12.6. The first-order valence-electron chi connectivity index (χ1n) is 9.96. The Labute approximate surface area is 184 Å². The third kappa shape index (κ3) is 4.83. The van der Waals surface area contributed by atoms with Crippen molar-refractivity contribution in [3.63, 3.8) is 0 Å². The van der Waals surface area contributed by atoms with E-state index in [0.29, 0.717) is 16.4 Å². The van der Waals surface area contributed by atoms with Crippen LogP contribution >= 0.6 is 11.6 Å². The fourth-order valence-electron chi connectivity index (χ4n) is 3.13. The molecule has 8 heteroatoms. The highest BCUT2D eigenvalue weighted by molar-refractivity contribution is 6.32. The van der Waals surface area contributed by atoms with Gasteiger partial charge in [0, 0.05) is 29.9 Å². The van der Waals surface area contributed by atoms with Crippen LogP contribution in [0.1, 0.15) is 34.6 Å². The van der Waals surface area contributed by atoms with Crippen LogP contribution < -0.4 is 16.1 Å². The smallest absolute Gasteiger partial charge is 0.276 e. The number of aryl methyl sites for hydroxylation is 1. The number of amides is 2. The summed E-state index contributed by atoms with van der Waals surface area (Å²) >= 11 is 6.24. The van der Waals surface area contributed by atoms with Gasteiger partial charge < -0.3 is 10.6 Å². The summed E-state index contributed by atoms with van der Waals surface area (Å²) in [5.41, 5.74) is 2.03. The Morgan fingerprint density at radius 1 is 1.13 bits per heavy atom. The van der Waals surface area contributed by atoms with Crippen molar-refractivity contribution in [2.45, 2.75) is 26.3 Å². The van der Waals surface area contributed by atoms with Crippen LogP contribution in [0.15, 0.2) is 59.4 Å². The molecule has 3 aromatic rings. The van der Waals surface area contributed by atoms with Crippen LogP contribution in [-0.4, -0.2) is 21.6 Å². The summed E-state index contributed by atoms with van der Waals surface area (Å²) in [6, 6.07) is 15.6. The maximum atomic E-state index is 12.6. The normalized spacial score (nSPS) is 13.0. The number of para-hydroxylation sites is 1. The number of nitrogens with one attached hydrogen (secondary N) is 2. The van der Waals surface area contributed by atoms with Gasteiger partial charge >= 0.3 is 0 Å². The first kappa shape index (κ1) is 20.8. The highest BCUT2D eigenvalue weighted by Crippen LogP contribution is 2.30. The number of nitrogens with zero attached hydrogens (tertiary/aromatic N) is 2. The van der Waals surface area contributed by atoms with Gasteiger partial charge in [0.25, 0.3) is 5.91 Å². The molecule has 2 N–H and O–H groups in total. The molecule has 31 heavy (non-hydrogen) atoms. The van der Waals surface area contributed by atoms with Gasteiger partial charge in [-0.1, -0.05) is 35.9 Å². The molecule has 1 heterocycles. The van der Waals surface area contributed by atoms with Crippen molar-refractivity contribution in [2.75, 3.05) is 5.32 Å². The van der Waals surface area contributed by atoms with E-state index in [9.17, 15) is 14.4 Å². The zero-order valence-electron chi connectivity index (χ0n) is 16.9. The molecule has 0 unspecified atom stereocenters. The number of carbonyl (C=O) groups is 2. The number of hydrogen-bond acceptors (Lipinski definition) is 4. The summed E-state index contributed by atoms with van der Waals surface area (Å²) in [7, 11) is 0. The van der Waals surface area contributed by atoms with Crippen molar-refractivity contribution in [1.82, 2.24) is 15.1 Å². The van der Waals surface area contributed by atoms with E-state index in [1.807, 2.05) is 12.1 Å². The predicted molar refractivity (Wildman–Crippen MR) is 119 cm³/mol. The zero-order chi connectivity index (χ0) is 22.0. The molecule has 2 amide bonds. The quantitative estimate of drug-likeness (QED) is 0.618. The van der Waals surface area contributed by atoms with Crippen LogP contribution in [0.4, 0.5) is 5.69 Å². The fourth-order valence-corrected chi connectivity index (χ4v) is 3.35. The Balaban J connectivity index is 1.46. The maximum Gasteiger partial charge on any atom is 0.276 e. The minimum atomic E-state index is -0.572. The van der Waals surface area contributed by atoms with E-state index in [4.69, 9.17) is 11.6 Å². The molecule has 0 atom stereocenters. The van der Waals surface area contributed by atoms with Crippen LogP contribution in [0.3, 0.4) is 0 Å². The zero-order valence-corrected chi connectivity index (χ0v) is 17.6. The number of aromatic nitrogens is 2. The highest BCUT2D eigenvalue weighted by Gasteiger charge is 2.29. The summed E-state index contributed by atoms with van der Waals surface area (Å²) in [5, 5.41) is 10.3. The van der Waals surface area contributed by atoms with Gasteiger partial charge in [-0.25, -0.2) is 4.68 Å². The van der Waals surface area contributed by atoms with Crippen LogP contribution in [-0.2, 0) is 11.3 Å².